The van der Waals surface area contributed by atoms with E-state index in [1.807, 2.05) is 6.92 Å². The average Bonchev–Trinajstić information content (AvgIpc) is 2.60. The highest BCUT2D eigenvalue weighted by Gasteiger charge is 2.28. The Hall–Kier alpha value is -1.43. The van der Waals surface area contributed by atoms with Crippen LogP contribution in [0, 0.1) is 17.8 Å². The van der Waals surface area contributed by atoms with Crippen LogP contribution in [-0.4, -0.2) is 36.2 Å². The molecule has 1 rings (SSSR count). The van der Waals surface area contributed by atoms with Crippen molar-refractivity contribution in [2.45, 2.75) is 91.1 Å². The minimum Gasteiger partial charge on any atom is -0.345 e. The number of hydrogen-bond donors (Lipinski definition) is 3. The van der Waals surface area contributed by atoms with Crippen molar-refractivity contribution < 1.29 is 14.4 Å². The molecule has 0 unspecified atom stereocenters. The summed E-state index contributed by atoms with van der Waals surface area (Å²) in [5.74, 6) is 0.265. The van der Waals surface area contributed by atoms with Crippen LogP contribution in [0.25, 0.3) is 0 Å². The molecule has 4 N–H and O–H groups in total. The van der Waals surface area contributed by atoms with Crippen LogP contribution >= 0.6 is 0 Å². The minimum absolute atomic E-state index is 0.0278. The number of nitrogens with two attached hydrogens (primary N) is 1. The summed E-state index contributed by atoms with van der Waals surface area (Å²) in [5, 5.41) is 5.70. The summed E-state index contributed by atoms with van der Waals surface area (Å²) in [5.41, 5.74) is 5.64. The fourth-order valence-electron chi connectivity index (χ4n) is 3.92. The van der Waals surface area contributed by atoms with E-state index in [2.05, 4.69) is 24.5 Å². The summed E-state index contributed by atoms with van der Waals surface area (Å²) in [4.78, 5) is 37.2. The molecular weight excluding hydrogens is 342 g/mol. The topological polar surface area (TPSA) is 101 Å². The maximum absolute atomic E-state index is 12.7. The van der Waals surface area contributed by atoms with Gasteiger partial charge in [-0.15, -0.1) is 0 Å². The van der Waals surface area contributed by atoms with E-state index in [0.717, 1.165) is 19.3 Å². The molecule has 6 nitrogen and oxygen atoms in total. The Labute approximate surface area is 164 Å². The first-order valence-corrected chi connectivity index (χ1v) is 10.6. The lowest BCUT2D eigenvalue weighted by molar-refractivity contribution is -0.132. The third-order valence-corrected chi connectivity index (χ3v) is 5.46. The van der Waals surface area contributed by atoms with Gasteiger partial charge in [-0.1, -0.05) is 52.9 Å². The third kappa shape index (κ3) is 8.87. The van der Waals surface area contributed by atoms with E-state index in [0.29, 0.717) is 31.2 Å². The smallest absolute Gasteiger partial charge is 0.243 e. The molecule has 3 atom stereocenters. The Bertz CT molecular complexity index is 487. The van der Waals surface area contributed by atoms with E-state index in [9.17, 15) is 14.4 Å². The normalized spacial score (nSPS) is 18.6. The molecule has 27 heavy (non-hydrogen) atoms. The van der Waals surface area contributed by atoms with Gasteiger partial charge >= 0.3 is 0 Å². The van der Waals surface area contributed by atoms with Gasteiger partial charge in [-0.25, -0.2) is 0 Å². The van der Waals surface area contributed by atoms with Crippen molar-refractivity contribution >= 4 is 17.6 Å². The Kier molecular flexibility index (Phi) is 10.6. The fraction of sp³-hybridized carbons (Fsp3) is 0.857. The molecule has 1 aliphatic rings. The van der Waals surface area contributed by atoms with Gasteiger partial charge in [0.2, 0.25) is 11.8 Å². The molecule has 1 aliphatic carbocycles. The van der Waals surface area contributed by atoms with Crippen LogP contribution in [0.3, 0.4) is 0 Å². The van der Waals surface area contributed by atoms with E-state index in [1.54, 1.807) is 0 Å². The first-order valence-electron chi connectivity index (χ1n) is 10.6. The highest BCUT2D eigenvalue weighted by atomic mass is 16.2. The quantitative estimate of drug-likeness (QED) is 0.512. The van der Waals surface area contributed by atoms with Gasteiger partial charge < -0.3 is 16.4 Å². The SMILES string of the molecule is CC(=O)[C@H](CC1CCCCC1)NC(=O)[C@H](CCN)NC(=O)[C@H](C)CC(C)C. The second kappa shape index (κ2) is 12.1. The zero-order chi connectivity index (χ0) is 20.4. The summed E-state index contributed by atoms with van der Waals surface area (Å²) in [6.07, 6.45) is 7.71. The van der Waals surface area contributed by atoms with Gasteiger partial charge in [0, 0.05) is 5.92 Å². The molecule has 0 aliphatic heterocycles. The molecule has 0 aromatic heterocycles. The number of amides is 2. The Morgan fingerprint density at radius 1 is 0.963 bits per heavy atom. The van der Waals surface area contributed by atoms with E-state index in [4.69, 9.17) is 5.73 Å². The molecule has 1 fully saturated rings. The number of Topliss-reactive ketones (excluding diaryl/α,β-unsaturated/α-hetero) is 1. The standard InChI is InChI=1S/C21H39N3O3/c1-14(2)12-15(3)20(26)23-18(10-11-22)21(27)24-19(16(4)25)13-17-8-6-5-7-9-17/h14-15,17-19H,5-13,22H2,1-4H3,(H,23,26)(H,24,27)/t15-,18+,19+/m1/s1. The highest BCUT2D eigenvalue weighted by Crippen LogP contribution is 2.27. The molecule has 0 heterocycles. The second-order valence-corrected chi connectivity index (χ2v) is 8.58. The van der Waals surface area contributed by atoms with Crippen molar-refractivity contribution in [2.24, 2.45) is 23.5 Å². The van der Waals surface area contributed by atoms with E-state index >= 15 is 0 Å². The molecule has 2 amide bonds. The van der Waals surface area contributed by atoms with Crippen LogP contribution in [0.2, 0.25) is 0 Å². The molecule has 0 saturated heterocycles. The summed E-state index contributed by atoms with van der Waals surface area (Å²) in [6.45, 7) is 7.82. The number of nitrogens with one attached hydrogen (secondary N) is 2. The van der Waals surface area contributed by atoms with E-state index in [1.165, 1.54) is 26.2 Å². The minimum atomic E-state index is -0.690. The van der Waals surface area contributed by atoms with Crippen LogP contribution in [0.1, 0.15) is 79.1 Å². The van der Waals surface area contributed by atoms with Crippen LogP contribution in [0.4, 0.5) is 0 Å². The molecule has 0 spiro atoms. The largest absolute Gasteiger partial charge is 0.345 e. The van der Waals surface area contributed by atoms with Crippen LogP contribution in [-0.2, 0) is 14.4 Å². The van der Waals surface area contributed by atoms with Gasteiger partial charge in [-0.3, -0.25) is 14.4 Å². The number of rotatable bonds is 11. The van der Waals surface area contributed by atoms with Crippen molar-refractivity contribution in [1.29, 1.82) is 0 Å². The first kappa shape index (κ1) is 23.6. The van der Waals surface area contributed by atoms with Crippen molar-refractivity contribution in [1.82, 2.24) is 10.6 Å². The van der Waals surface area contributed by atoms with Gasteiger partial charge in [0.1, 0.15) is 6.04 Å². The lowest BCUT2D eigenvalue weighted by atomic mass is 9.84. The molecule has 0 aromatic rings. The Balaban J connectivity index is 2.67. The number of carbonyl (C=O) groups is 3. The monoisotopic (exact) mass is 381 g/mol. The molecule has 0 aromatic carbocycles. The summed E-state index contributed by atoms with van der Waals surface area (Å²) < 4.78 is 0. The summed E-state index contributed by atoms with van der Waals surface area (Å²) >= 11 is 0. The van der Waals surface area contributed by atoms with Crippen molar-refractivity contribution in [3.05, 3.63) is 0 Å². The van der Waals surface area contributed by atoms with Crippen molar-refractivity contribution in [3.63, 3.8) is 0 Å². The molecule has 1 saturated carbocycles. The zero-order valence-corrected chi connectivity index (χ0v) is 17.6. The lowest BCUT2D eigenvalue weighted by Crippen LogP contribution is -2.53. The second-order valence-electron chi connectivity index (χ2n) is 8.58. The molecule has 0 bridgehead atoms. The Morgan fingerprint density at radius 3 is 2.07 bits per heavy atom. The van der Waals surface area contributed by atoms with Crippen molar-refractivity contribution in [3.8, 4) is 0 Å². The lowest BCUT2D eigenvalue weighted by Gasteiger charge is -2.27. The van der Waals surface area contributed by atoms with Gasteiger partial charge in [0.05, 0.1) is 6.04 Å². The number of ketones is 1. The Morgan fingerprint density at radius 2 is 1.56 bits per heavy atom. The van der Waals surface area contributed by atoms with Gasteiger partial charge in [0.15, 0.2) is 5.78 Å². The van der Waals surface area contributed by atoms with E-state index in [-0.39, 0.29) is 23.5 Å². The van der Waals surface area contributed by atoms with Gasteiger partial charge in [-0.05, 0) is 44.6 Å². The molecule has 156 valence electrons. The van der Waals surface area contributed by atoms with Gasteiger partial charge in [-0.2, -0.15) is 0 Å². The van der Waals surface area contributed by atoms with Crippen LogP contribution in [0.5, 0.6) is 0 Å². The molecule has 6 heteroatoms. The fourth-order valence-corrected chi connectivity index (χ4v) is 3.92. The zero-order valence-electron chi connectivity index (χ0n) is 17.6. The van der Waals surface area contributed by atoms with Crippen LogP contribution < -0.4 is 16.4 Å². The van der Waals surface area contributed by atoms with Gasteiger partial charge in [0.25, 0.3) is 0 Å². The average molecular weight is 382 g/mol. The highest BCUT2D eigenvalue weighted by molar-refractivity contribution is 5.92. The van der Waals surface area contributed by atoms with Crippen LogP contribution in [0.15, 0.2) is 0 Å². The third-order valence-electron chi connectivity index (χ3n) is 5.46. The summed E-state index contributed by atoms with van der Waals surface area (Å²) in [6, 6.07) is -1.17. The number of carbonyl (C=O) groups excluding carboxylic acids is 3. The molecular formula is C21H39N3O3. The predicted octanol–water partition coefficient (Wildman–Crippen LogP) is 2.55. The summed E-state index contributed by atoms with van der Waals surface area (Å²) in [7, 11) is 0. The maximum Gasteiger partial charge on any atom is 0.243 e. The molecule has 0 radical (unpaired) electrons. The van der Waals surface area contributed by atoms with E-state index < -0.39 is 12.1 Å². The number of hydrogen-bond acceptors (Lipinski definition) is 4. The maximum atomic E-state index is 12.7. The first-order chi connectivity index (χ1) is 12.7. The predicted molar refractivity (Wildman–Crippen MR) is 108 cm³/mol. The van der Waals surface area contributed by atoms with Crippen molar-refractivity contribution in [2.75, 3.05) is 6.54 Å².